The molecule has 0 atom stereocenters. The fraction of sp³-hybridized carbons (Fsp3) is 0.208. The number of aryl methyl sites for hydroxylation is 1. The van der Waals surface area contributed by atoms with Crippen molar-refractivity contribution < 1.29 is 33.0 Å². The number of hydrazone groups is 1. The van der Waals surface area contributed by atoms with Crippen LogP contribution in [0.15, 0.2) is 47.6 Å². The zero-order valence-corrected chi connectivity index (χ0v) is 22.0. The first kappa shape index (κ1) is 29.4. The minimum atomic E-state index is -4.48. The summed E-state index contributed by atoms with van der Waals surface area (Å²) in [6, 6.07) is 8.74. The summed E-state index contributed by atoms with van der Waals surface area (Å²) in [6.07, 6.45) is -4.73. The predicted molar refractivity (Wildman–Crippen MR) is 143 cm³/mol. The van der Waals surface area contributed by atoms with Crippen LogP contribution in [0.4, 0.5) is 18.9 Å². The molecule has 10 nitrogen and oxygen atoms in total. The highest BCUT2D eigenvalue weighted by Gasteiger charge is 2.30. The lowest BCUT2D eigenvalue weighted by atomic mass is 10.1. The molecule has 1 heterocycles. The Kier molecular flexibility index (Phi) is 9.14. The van der Waals surface area contributed by atoms with Gasteiger partial charge in [0.1, 0.15) is 5.69 Å². The molecule has 0 aliphatic carbocycles. The number of aromatic hydroxyl groups is 1. The second kappa shape index (κ2) is 12.1. The Hall–Kier alpha value is -4.17. The Morgan fingerprint density at radius 2 is 1.85 bits per heavy atom. The lowest BCUT2D eigenvalue weighted by Gasteiger charge is -2.11. The van der Waals surface area contributed by atoms with Crippen LogP contribution in [0, 0.1) is 0 Å². The van der Waals surface area contributed by atoms with E-state index in [-0.39, 0.29) is 51.5 Å². The van der Waals surface area contributed by atoms with Crippen LogP contribution in [0.5, 0.6) is 5.75 Å². The molecule has 0 saturated heterocycles. The number of rotatable bonds is 8. The monoisotopic (exact) mass is 582 g/mol. The zero-order valence-electron chi connectivity index (χ0n) is 20.4. The fourth-order valence-corrected chi connectivity index (χ4v) is 3.77. The van der Waals surface area contributed by atoms with E-state index in [1.807, 2.05) is 0 Å². The summed E-state index contributed by atoms with van der Waals surface area (Å²) in [7, 11) is 1.53. The van der Waals surface area contributed by atoms with Gasteiger partial charge < -0.3 is 20.8 Å². The minimum absolute atomic E-state index is 0.0206. The highest BCUT2D eigenvalue weighted by Crippen LogP contribution is 2.35. The summed E-state index contributed by atoms with van der Waals surface area (Å²) in [5.41, 5.74) is 3.08. The normalized spacial score (nSPS) is 11.7. The summed E-state index contributed by atoms with van der Waals surface area (Å²) in [6.45, 7) is 1.47. The van der Waals surface area contributed by atoms with Crippen LogP contribution in [0.2, 0.25) is 5.02 Å². The number of carbonyl (C=O) groups is 2. The van der Waals surface area contributed by atoms with Crippen molar-refractivity contribution in [2.75, 3.05) is 11.9 Å². The van der Waals surface area contributed by atoms with E-state index in [0.29, 0.717) is 11.3 Å². The van der Waals surface area contributed by atoms with E-state index < -0.39 is 23.6 Å². The number of benzene rings is 2. The average Bonchev–Trinajstić information content (AvgIpc) is 3.16. The zero-order chi connectivity index (χ0) is 28.9. The van der Waals surface area contributed by atoms with Crippen molar-refractivity contribution in [2.24, 2.45) is 12.1 Å². The molecule has 0 unspecified atom stereocenters. The number of hydrogen-bond acceptors (Lipinski definition) is 6. The third kappa shape index (κ3) is 7.45. The molecule has 0 fully saturated rings. The minimum Gasteiger partial charge on any atom is -0.504 e. The molecule has 5 N–H and O–H groups in total. The van der Waals surface area contributed by atoms with E-state index in [4.69, 9.17) is 28.9 Å². The predicted octanol–water partition coefficient (Wildman–Crippen LogP) is 4.38. The van der Waals surface area contributed by atoms with Gasteiger partial charge in [0.25, 0.3) is 5.91 Å². The molecule has 0 aliphatic heterocycles. The van der Waals surface area contributed by atoms with Crippen LogP contribution in [0.1, 0.15) is 35.0 Å². The fourth-order valence-electron chi connectivity index (χ4n) is 3.40. The van der Waals surface area contributed by atoms with Crippen LogP contribution in [-0.2, 0) is 18.0 Å². The van der Waals surface area contributed by atoms with Gasteiger partial charge in [-0.3, -0.25) is 19.7 Å². The molecule has 206 valence electrons. The van der Waals surface area contributed by atoms with Crippen LogP contribution in [0.3, 0.4) is 0 Å². The average molecular weight is 583 g/mol. The van der Waals surface area contributed by atoms with Gasteiger partial charge in [0.05, 0.1) is 28.3 Å². The standard InChI is InChI=1S/C24H22ClF3N6O4S/c1-12(19-21(37)20(34(2)33-19)13-3-5-14(6-4-13)24(26,27)28)31-32-23(39)30-15-7-8-17(25)16(11-15)22(38)29-10-9-18(35)36/h3-8,11,37H,9-10H2,1-2H3,(H,29,38)(H,35,36)(H2,30,32,39)/b31-12+. The molecule has 0 aliphatic rings. The largest absolute Gasteiger partial charge is 0.504 e. The number of aliphatic carboxylic acids is 1. The van der Waals surface area contributed by atoms with E-state index in [0.717, 1.165) is 12.1 Å². The number of thiocarbonyl (C=S) groups is 1. The van der Waals surface area contributed by atoms with Crippen molar-refractivity contribution in [2.45, 2.75) is 19.5 Å². The number of hydrogen-bond donors (Lipinski definition) is 5. The van der Waals surface area contributed by atoms with Gasteiger partial charge in [-0.25, -0.2) is 0 Å². The molecule has 39 heavy (non-hydrogen) atoms. The smallest absolute Gasteiger partial charge is 0.416 e. The summed E-state index contributed by atoms with van der Waals surface area (Å²) >= 11 is 11.3. The first-order valence-electron chi connectivity index (χ1n) is 11.1. The Balaban J connectivity index is 1.70. The molecule has 2 aromatic carbocycles. The molecule has 15 heteroatoms. The highest BCUT2D eigenvalue weighted by molar-refractivity contribution is 7.80. The highest BCUT2D eigenvalue weighted by atomic mass is 35.5. The number of alkyl halides is 3. The number of halogens is 4. The number of aromatic nitrogens is 2. The molecular weight excluding hydrogens is 561 g/mol. The molecule has 1 amide bonds. The summed E-state index contributed by atoms with van der Waals surface area (Å²) < 4.78 is 39.9. The Morgan fingerprint density at radius 3 is 2.46 bits per heavy atom. The third-order valence-corrected chi connectivity index (χ3v) is 5.79. The van der Waals surface area contributed by atoms with Crippen LogP contribution in [0.25, 0.3) is 11.3 Å². The maximum atomic E-state index is 12.9. The molecule has 3 rings (SSSR count). The van der Waals surface area contributed by atoms with Gasteiger partial charge in [-0.15, -0.1) is 0 Å². The van der Waals surface area contributed by atoms with Gasteiger partial charge in [-0.05, 0) is 49.5 Å². The van der Waals surface area contributed by atoms with Crippen LogP contribution in [-0.4, -0.2) is 49.2 Å². The van der Waals surface area contributed by atoms with Gasteiger partial charge in [0, 0.05) is 24.8 Å². The van der Waals surface area contributed by atoms with Crippen LogP contribution < -0.4 is 16.1 Å². The number of carbonyl (C=O) groups excluding carboxylic acids is 1. The van der Waals surface area contributed by atoms with Gasteiger partial charge in [0.15, 0.2) is 16.6 Å². The Labute approximate surface area is 230 Å². The van der Waals surface area contributed by atoms with Gasteiger partial charge >= 0.3 is 12.1 Å². The summed E-state index contributed by atoms with van der Waals surface area (Å²) in [5.74, 6) is -1.90. The van der Waals surface area contributed by atoms with Crippen molar-refractivity contribution in [1.29, 1.82) is 0 Å². The van der Waals surface area contributed by atoms with Gasteiger partial charge in [-0.2, -0.15) is 23.4 Å². The van der Waals surface area contributed by atoms with E-state index in [1.165, 1.54) is 42.9 Å². The quantitative estimate of drug-likeness (QED) is 0.150. The van der Waals surface area contributed by atoms with Crippen molar-refractivity contribution in [1.82, 2.24) is 20.5 Å². The van der Waals surface area contributed by atoms with E-state index in [1.54, 1.807) is 6.07 Å². The second-order valence-electron chi connectivity index (χ2n) is 8.10. The number of nitrogens with one attached hydrogen (secondary N) is 3. The van der Waals surface area contributed by atoms with Crippen molar-refractivity contribution in [3.8, 4) is 17.0 Å². The maximum absolute atomic E-state index is 12.9. The molecule has 1 aromatic heterocycles. The molecule has 0 radical (unpaired) electrons. The molecular formula is C24H22ClF3N6O4S. The molecule has 0 bridgehead atoms. The van der Waals surface area contributed by atoms with Crippen molar-refractivity contribution in [3.63, 3.8) is 0 Å². The number of nitrogens with zero attached hydrogens (tertiary/aromatic N) is 3. The number of carboxylic acid groups (broad SMARTS) is 1. The maximum Gasteiger partial charge on any atom is 0.416 e. The number of carboxylic acids is 1. The van der Waals surface area contributed by atoms with Gasteiger partial charge in [0.2, 0.25) is 0 Å². The summed E-state index contributed by atoms with van der Waals surface area (Å²) in [5, 5.41) is 33.2. The lowest BCUT2D eigenvalue weighted by molar-refractivity contribution is -0.138. The molecule has 0 saturated carbocycles. The third-order valence-electron chi connectivity index (χ3n) is 5.27. The summed E-state index contributed by atoms with van der Waals surface area (Å²) in [4.78, 5) is 22.9. The Bertz CT molecular complexity index is 1440. The van der Waals surface area contributed by atoms with E-state index >= 15 is 0 Å². The SMILES string of the molecule is C/C(=N\NC(=S)Nc1ccc(Cl)c(C(=O)NCCC(=O)O)c1)c1nn(C)c(-c2ccc(C(F)(F)F)cc2)c1O. The van der Waals surface area contributed by atoms with Crippen LogP contribution >= 0.6 is 23.8 Å². The van der Waals surface area contributed by atoms with E-state index in [2.05, 4.69) is 26.3 Å². The second-order valence-corrected chi connectivity index (χ2v) is 8.92. The van der Waals surface area contributed by atoms with Gasteiger partial charge in [-0.1, -0.05) is 23.7 Å². The van der Waals surface area contributed by atoms with Crippen molar-refractivity contribution >= 4 is 52.2 Å². The van der Waals surface area contributed by atoms with Crippen molar-refractivity contribution in [3.05, 3.63) is 64.3 Å². The first-order chi connectivity index (χ1) is 18.3. The Morgan fingerprint density at radius 1 is 1.18 bits per heavy atom. The first-order valence-corrected chi connectivity index (χ1v) is 11.9. The topological polar surface area (TPSA) is 141 Å². The number of anilines is 1. The molecule has 3 aromatic rings. The number of amides is 1. The van der Waals surface area contributed by atoms with E-state index in [9.17, 15) is 27.9 Å². The lowest BCUT2D eigenvalue weighted by Crippen LogP contribution is -2.27. The molecule has 0 spiro atoms.